The van der Waals surface area contributed by atoms with Gasteiger partial charge in [-0.25, -0.2) is 4.98 Å². The Morgan fingerprint density at radius 1 is 1.10 bits per heavy atom. The lowest BCUT2D eigenvalue weighted by molar-refractivity contribution is -0.123. The Morgan fingerprint density at radius 2 is 1.90 bits per heavy atom. The van der Waals surface area contributed by atoms with Crippen molar-refractivity contribution < 1.29 is 9.59 Å². The monoisotopic (exact) mass is 416 g/mol. The quantitative estimate of drug-likeness (QED) is 0.756. The Kier molecular flexibility index (Phi) is 6.28. The van der Waals surface area contributed by atoms with E-state index in [1.54, 1.807) is 11.3 Å². The van der Waals surface area contributed by atoms with E-state index in [0.717, 1.165) is 48.9 Å². The Hall–Kier alpha value is -2.22. The third kappa shape index (κ3) is 4.69. The highest BCUT2D eigenvalue weighted by molar-refractivity contribution is 7.18. The van der Waals surface area contributed by atoms with Crippen molar-refractivity contribution in [2.45, 2.75) is 76.8 Å². The molecule has 0 radical (unpaired) electrons. The zero-order valence-electron chi connectivity index (χ0n) is 16.7. The summed E-state index contributed by atoms with van der Waals surface area (Å²) in [6.07, 6.45) is 11.6. The average molecular weight is 417 g/mol. The normalized spacial score (nSPS) is 17.1. The molecule has 4 rings (SSSR count). The van der Waals surface area contributed by atoms with Crippen molar-refractivity contribution in [2.24, 2.45) is 0 Å². The van der Waals surface area contributed by atoms with Gasteiger partial charge < -0.3 is 10.6 Å². The van der Waals surface area contributed by atoms with Crippen LogP contribution in [-0.2, 0) is 29.0 Å². The van der Waals surface area contributed by atoms with Gasteiger partial charge in [-0.3, -0.25) is 19.0 Å². The zero-order valence-corrected chi connectivity index (χ0v) is 17.5. The van der Waals surface area contributed by atoms with E-state index in [-0.39, 0.29) is 42.9 Å². The highest BCUT2D eigenvalue weighted by Crippen LogP contribution is 2.33. The standard InChI is InChI=1S/C21H28N4O3S/c26-17(24-14-6-2-1-3-7-14)10-11-22-18(27)12-25-13-23-20-19(21(25)28)15-8-4-5-9-16(15)29-20/h13-14H,1-12H2,(H,22,27)(H,24,26). The number of hydrogen-bond donors (Lipinski definition) is 2. The number of aryl methyl sites for hydroxylation is 2. The summed E-state index contributed by atoms with van der Waals surface area (Å²) < 4.78 is 1.38. The fourth-order valence-corrected chi connectivity index (χ4v) is 5.59. The van der Waals surface area contributed by atoms with Gasteiger partial charge in [0.1, 0.15) is 11.4 Å². The number of thiophene rings is 1. The first-order valence-corrected chi connectivity index (χ1v) is 11.5. The maximum Gasteiger partial charge on any atom is 0.262 e. The van der Waals surface area contributed by atoms with Crippen LogP contribution in [0.2, 0.25) is 0 Å². The predicted octanol–water partition coefficient (Wildman–Crippen LogP) is 2.29. The molecule has 2 aliphatic rings. The molecule has 1 saturated carbocycles. The van der Waals surface area contributed by atoms with E-state index in [1.807, 2.05) is 0 Å². The number of nitrogens with one attached hydrogen (secondary N) is 2. The predicted molar refractivity (Wildman–Crippen MR) is 113 cm³/mol. The molecule has 0 aromatic carbocycles. The van der Waals surface area contributed by atoms with Crippen LogP contribution in [0.3, 0.4) is 0 Å². The Bertz CT molecular complexity index is 959. The van der Waals surface area contributed by atoms with Crippen LogP contribution < -0.4 is 16.2 Å². The van der Waals surface area contributed by atoms with Crippen molar-refractivity contribution in [3.8, 4) is 0 Å². The van der Waals surface area contributed by atoms with Gasteiger partial charge in [0.05, 0.1) is 11.7 Å². The van der Waals surface area contributed by atoms with E-state index in [9.17, 15) is 14.4 Å². The van der Waals surface area contributed by atoms with Crippen LogP contribution >= 0.6 is 11.3 Å². The molecule has 7 nitrogen and oxygen atoms in total. The van der Waals surface area contributed by atoms with Gasteiger partial charge in [-0.15, -0.1) is 11.3 Å². The van der Waals surface area contributed by atoms with E-state index in [4.69, 9.17) is 0 Å². The second-order valence-electron chi connectivity index (χ2n) is 8.07. The maximum atomic E-state index is 12.9. The largest absolute Gasteiger partial charge is 0.354 e. The van der Waals surface area contributed by atoms with Gasteiger partial charge in [-0.05, 0) is 44.1 Å². The van der Waals surface area contributed by atoms with Crippen molar-refractivity contribution >= 4 is 33.4 Å². The van der Waals surface area contributed by atoms with Crippen LogP contribution in [0.4, 0.5) is 0 Å². The molecule has 0 bridgehead atoms. The number of nitrogens with zero attached hydrogens (tertiary/aromatic N) is 2. The molecule has 2 aromatic rings. The fourth-order valence-electron chi connectivity index (χ4n) is 4.37. The first-order chi connectivity index (χ1) is 14.1. The van der Waals surface area contributed by atoms with E-state index < -0.39 is 0 Å². The molecule has 0 aliphatic heterocycles. The molecular formula is C21H28N4O3S. The summed E-state index contributed by atoms with van der Waals surface area (Å²) in [5.41, 5.74) is 0.988. The van der Waals surface area contributed by atoms with Crippen molar-refractivity contribution in [1.29, 1.82) is 0 Å². The van der Waals surface area contributed by atoms with Crippen molar-refractivity contribution in [2.75, 3.05) is 6.54 Å². The molecule has 0 unspecified atom stereocenters. The molecule has 2 amide bonds. The van der Waals surface area contributed by atoms with Gasteiger partial charge in [0, 0.05) is 23.9 Å². The minimum absolute atomic E-state index is 0.0256. The molecule has 2 aliphatic carbocycles. The second-order valence-corrected chi connectivity index (χ2v) is 9.15. The van der Waals surface area contributed by atoms with Crippen molar-refractivity contribution in [3.05, 3.63) is 27.1 Å². The summed E-state index contributed by atoms with van der Waals surface area (Å²) in [5.74, 6) is -0.301. The van der Waals surface area contributed by atoms with Gasteiger partial charge >= 0.3 is 0 Å². The number of carbonyl (C=O) groups excluding carboxylic acids is 2. The Balaban J connectivity index is 1.31. The number of amides is 2. The summed E-state index contributed by atoms with van der Waals surface area (Å²) in [6, 6.07) is 0.278. The van der Waals surface area contributed by atoms with Gasteiger partial charge in [0.2, 0.25) is 11.8 Å². The SMILES string of the molecule is O=C(Cn1cnc2sc3c(c2c1=O)CCCC3)NCCC(=O)NC1CCCCC1. The fraction of sp³-hybridized carbons (Fsp3) is 0.619. The first-order valence-electron chi connectivity index (χ1n) is 10.7. The Morgan fingerprint density at radius 3 is 2.72 bits per heavy atom. The van der Waals surface area contributed by atoms with Gasteiger partial charge in [0.25, 0.3) is 5.56 Å². The van der Waals surface area contributed by atoms with Crippen LogP contribution in [0.5, 0.6) is 0 Å². The van der Waals surface area contributed by atoms with Crippen LogP contribution in [0.15, 0.2) is 11.1 Å². The molecule has 1 fully saturated rings. The van der Waals surface area contributed by atoms with E-state index >= 15 is 0 Å². The van der Waals surface area contributed by atoms with Gasteiger partial charge in [-0.1, -0.05) is 19.3 Å². The van der Waals surface area contributed by atoms with Gasteiger partial charge in [0.15, 0.2) is 0 Å². The molecule has 2 aromatic heterocycles. The lowest BCUT2D eigenvalue weighted by Crippen LogP contribution is -2.39. The third-order valence-electron chi connectivity index (χ3n) is 5.90. The van der Waals surface area contributed by atoms with E-state index in [1.165, 1.54) is 35.0 Å². The lowest BCUT2D eigenvalue weighted by Gasteiger charge is -2.22. The van der Waals surface area contributed by atoms with Crippen LogP contribution in [0, 0.1) is 0 Å². The molecule has 29 heavy (non-hydrogen) atoms. The van der Waals surface area contributed by atoms with Crippen LogP contribution in [0.25, 0.3) is 10.2 Å². The minimum Gasteiger partial charge on any atom is -0.354 e. The smallest absolute Gasteiger partial charge is 0.262 e. The number of aromatic nitrogens is 2. The molecule has 2 N–H and O–H groups in total. The summed E-state index contributed by atoms with van der Waals surface area (Å²) in [5, 5.41) is 6.48. The average Bonchev–Trinajstić information content (AvgIpc) is 3.10. The summed E-state index contributed by atoms with van der Waals surface area (Å²) in [6.45, 7) is 0.201. The molecule has 8 heteroatoms. The van der Waals surface area contributed by atoms with E-state index in [0.29, 0.717) is 5.39 Å². The molecule has 2 heterocycles. The van der Waals surface area contributed by atoms with Crippen LogP contribution in [-0.4, -0.2) is 34.0 Å². The summed E-state index contributed by atoms with van der Waals surface area (Å²) >= 11 is 1.60. The van der Waals surface area contributed by atoms with Crippen LogP contribution in [0.1, 0.15) is 61.8 Å². The Labute approximate surface area is 173 Å². The van der Waals surface area contributed by atoms with Crippen molar-refractivity contribution in [1.82, 2.24) is 20.2 Å². The second kappa shape index (κ2) is 9.07. The van der Waals surface area contributed by atoms with E-state index in [2.05, 4.69) is 15.6 Å². The number of rotatable bonds is 6. The molecule has 0 atom stereocenters. The molecule has 156 valence electrons. The van der Waals surface area contributed by atoms with Gasteiger partial charge in [-0.2, -0.15) is 0 Å². The maximum absolute atomic E-state index is 12.9. The zero-order chi connectivity index (χ0) is 20.2. The summed E-state index contributed by atoms with van der Waals surface area (Å²) in [4.78, 5) is 43.6. The number of carbonyl (C=O) groups is 2. The highest BCUT2D eigenvalue weighted by atomic mass is 32.1. The number of hydrogen-bond acceptors (Lipinski definition) is 5. The minimum atomic E-state index is -0.275. The third-order valence-corrected chi connectivity index (χ3v) is 7.10. The molecule has 0 spiro atoms. The molecular weight excluding hydrogens is 388 g/mol. The summed E-state index contributed by atoms with van der Waals surface area (Å²) in [7, 11) is 0. The molecule has 0 saturated heterocycles. The highest BCUT2D eigenvalue weighted by Gasteiger charge is 2.20. The number of fused-ring (bicyclic) bond motifs is 3. The first kappa shape index (κ1) is 20.1. The lowest BCUT2D eigenvalue weighted by atomic mass is 9.95. The topological polar surface area (TPSA) is 93.1 Å². The van der Waals surface area contributed by atoms with Crippen molar-refractivity contribution in [3.63, 3.8) is 0 Å².